The number of ether oxygens (including phenoxy) is 5. The third-order valence-electron chi connectivity index (χ3n) is 4.59. The van der Waals surface area contributed by atoms with Crippen molar-refractivity contribution in [1.29, 1.82) is 0 Å². The zero-order valence-corrected chi connectivity index (χ0v) is 18.8. The lowest BCUT2D eigenvalue weighted by Crippen LogP contribution is -2.14. The summed E-state index contributed by atoms with van der Waals surface area (Å²) >= 11 is 0. The molecule has 0 fully saturated rings. The molecule has 1 aliphatic rings. The summed E-state index contributed by atoms with van der Waals surface area (Å²) < 4.78 is 28.1. The summed E-state index contributed by atoms with van der Waals surface area (Å²) in [7, 11) is 3.86. The summed E-state index contributed by atoms with van der Waals surface area (Å²) in [6.45, 7) is 2.94. The molecular weight excluding hydrogens is 432 g/mol. The van der Waals surface area contributed by atoms with Gasteiger partial charge in [-0.3, -0.25) is 10.1 Å². The van der Waals surface area contributed by atoms with E-state index in [1.165, 1.54) is 18.2 Å². The molecule has 0 bridgehead atoms. The fourth-order valence-electron chi connectivity index (χ4n) is 2.86. The van der Waals surface area contributed by atoms with Gasteiger partial charge in [0.1, 0.15) is 30.3 Å². The zero-order chi connectivity index (χ0) is 23.5. The normalized spacial score (nSPS) is 16.1. The van der Waals surface area contributed by atoms with Crippen LogP contribution in [-0.4, -0.2) is 71.9 Å². The Kier molecular flexibility index (Phi) is 9.36. The summed E-state index contributed by atoms with van der Waals surface area (Å²) in [5.41, 5.74) is 1.70. The molecule has 0 amide bonds. The Balaban J connectivity index is 1.88. The van der Waals surface area contributed by atoms with E-state index in [1.54, 1.807) is 6.07 Å². The van der Waals surface area contributed by atoms with E-state index in [1.807, 2.05) is 31.1 Å². The Hall–Kier alpha value is -3.28. The first-order valence-electron chi connectivity index (χ1n) is 10.5. The van der Waals surface area contributed by atoms with Crippen molar-refractivity contribution in [3.63, 3.8) is 0 Å². The summed E-state index contributed by atoms with van der Waals surface area (Å²) in [5.74, 6) is 0.784. The van der Waals surface area contributed by atoms with Crippen LogP contribution in [0.15, 0.2) is 46.6 Å². The van der Waals surface area contributed by atoms with E-state index in [9.17, 15) is 10.1 Å². The van der Waals surface area contributed by atoms with Gasteiger partial charge in [-0.15, -0.1) is 10.2 Å². The third-order valence-corrected chi connectivity index (χ3v) is 4.59. The average molecular weight is 460 g/mol. The van der Waals surface area contributed by atoms with Crippen molar-refractivity contribution in [3.05, 3.63) is 46.5 Å². The van der Waals surface area contributed by atoms with Gasteiger partial charge in [0.25, 0.3) is 5.69 Å². The highest BCUT2D eigenvalue weighted by molar-refractivity contribution is 5.62. The smallest absolute Gasteiger partial charge is 0.273 e. The van der Waals surface area contributed by atoms with Gasteiger partial charge in [0, 0.05) is 31.9 Å². The highest BCUT2D eigenvalue weighted by atomic mass is 16.6. The highest BCUT2D eigenvalue weighted by Crippen LogP contribution is 2.36. The molecule has 1 aliphatic heterocycles. The van der Waals surface area contributed by atoms with Crippen molar-refractivity contribution in [1.82, 2.24) is 0 Å². The average Bonchev–Trinajstić information content (AvgIpc) is 2.80. The van der Waals surface area contributed by atoms with Crippen LogP contribution in [0.4, 0.5) is 22.7 Å². The van der Waals surface area contributed by atoms with Crippen molar-refractivity contribution in [2.45, 2.75) is 0 Å². The lowest BCUT2D eigenvalue weighted by atomic mass is 10.2. The number of nitrogens with zero attached hydrogens (tertiary/aromatic N) is 4. The molecule has 1 heterocycles. The topological polar surface area (TPSA) is 117 Å². The maximum absolute atomic E-state index is 11.2. The van der Waals surface area contributed by atoms with Crippen LogP contribution >= 0.6 is 0 Å². The van der Waals surface area contributed by atoms with E-state index < -0.39 is 4.92 Å². The molecule has 0 radical (unpaired) electrons. The zero-order valence-electron chi connectivity index (χ0n) is 18.8. The fourth-order valence-corrected chi connectivity index (χ4v) is 2.86. The largest absolute Gasteiger partial charge is 0.489 e. The van der Waals surface area contributed by atoms with Gasteiger partial charge < -0.3 is 28.6 Å². The number of rotatable bonds is 2. The second kappa shape index (κ2) is 12.7. The first-order valence-corrected chi connectivity index (χ1v) is 10.5. The Morgan fingerprint density at radius 3 is 1.76 bits per heavy atom. The summed E-state index contributed by atoms with van der Waals surface area (Å²) in [6.07, 6.45) is 0. The van der Waals surface area contributed by atoms with E-state index in [4.69, 9.17) is 23.7 Å². The van der Waals surface area contributed by atoms with Crippen LogP contribution in [0.25, 0.3) is 0 Å². The van der Waals surface area contributed by atoms with Crippen LogP contribution in [-0.2, 0) is 14.2 Å². The Morgan fingerprint density at radius 1 is 0.758 bits per heavy atom. The maximum Gasteiger partial charge on any atom is 0.273 e. The molecule has 11 nitrogen and oxygen atoms in total. The van der Waals surface area contributed by atoms with E-state index in [2.05, 4.69) is 10.2 Å². The fraction of sp³-hybridized carbons (Fsp3) is 0.455. The molecule has 0 spiro atoms. The SMILES string of the molecule is CN(C)c1ccc2c(c1)OCCOCCOCCOCCOc1cc([N+](=O)[O-])ccc1N=N2. The quantitative estimate of drug-likeness (QED) is 0.489. The summed E-state index contributed by atoms with van der Waals surface area (Å²) in [5, 5.41) is 19.8. The number of hydrogen-bond donors (Lipinski definition) is 0. The number of anilines is 1. The highest BCUT2D eigenvalue weighted by Gasteiger charge is 2.13. The van der Waals surface area contributed by atoms with Gasteiger partial charge in [-0.2, -0.15) is 0 Å². The number of benzene rings is 2. The molecule has 3 rings (SSSR count). The summed E-state index contributed by atoms with van der Waals surface area (Å²) in [4.78, 5) is 12.6. The second-order valence-corrected chi connectivity index (χ2v) is 7.19. The third kappa shape index (κ3) is 7.67. The lowest BCUT2D eigenvalue weighted by Gasteiger charge is -2.15. The minimum absolute atomic E-state index is 0.101. The molecule has 33 heavy (non-hydrogen) atoms. The second-order valence-electron chi connectivity index (χ2n) is 7.19. The van der Waals surface area contributed by atoms with E-state index >= 15 is 0 Å². The Bertz CT molecular complexity index is 952. The van der Waals surface area contributed by atoms with E-state index in [0.717, 1.165) is 5.69 Å². The Morgan fingerprint density at radius 2 is 1.24 bits per heavy atom. The lowest BCUT2D eigenvalue weighted by molar-refractivity contribution is -0.384. The molecule has 0 unspecified atom stereocenters. The molecule has 0 atom stereocenters. The van der Waals surface area contributed by atoms with Crippen LogP contribution in [0.3, 0.4) is 0 Å². The van der Waals surface area contributed by atoms with Crippen molar-refractivity contribution in [2.75, 3.05) is 71.9 Å². The number of nitro groups is 1. The van der Waals surface area contributed by atoms with Crippen molar-refractivity contribution < 1.29 is 28.6 Å². The van der Waals surface area contributed by atoms with Crippen LogP contribution in [0.5, 0.6) is 11.5 Å². The van der Waals surface area contributed by atoms with Gasteiger partial charge in [0.2, 0.25) is 0 Å². The van der Waals surface area contributed by atoms with Crippen molar-refractivity contribution in [2.24, 2.45) is 10.2 Å². The first kappa shape index (κ1) is 24.4. The van der Waals surface area contributed by atoms with E-state index in [0.29, 0.717) is 63.4 Å². The van der Waals surface area contributed by atoms with Gasteiger partial charge in [0.05, 0.1) is 50.6 Å². The molecule has 0 aliphatic carbocycles. The van der Waals surface area contributed by atoms with Crippen molar-refractivity contribution in [3.8, 4) is 11.5 Å². The number of non-ortho nitro benzene ring substituents is 1. The van der Waals surface area contributed by atoms with Crippen LogP contribution in [0.1, 0.15) is 0 Å². The molecular formula is C22H28N4O7. The van der Waals surface area contributed by atoms with Gasteiger partial charge in [-0.25, -0.2) is 0 Å². The van der Waals surface area contributed by atoms with Crippen LogP contribution in [0, 0.1) is 10.1 Å². The molecule has 11 heteroatoms. The number of hydrogen-bond acceptors (Lipinski definition) is 10. The van der Waals surface area contributed by atoms with Gasteiger partial charge in [-0.1, -0.05) is 0 Å². The molecule has 0 saturated heterocycles. The van der Waals surface area contributed by atoms with Gasteiger partial charge >= 0.3 is 0 Å². The molecule has 2 aromatic carbocycles. The Labute approximate surface area is 192 Å². The molecule has 0 saturated carbocycles. The number of nitro benzene ring substituents is 1. The molecule has 0 N–H and O–H groups in total. The first-order chi connectivity index (χ1) is 16.0. The summed E-state index contributed by atoms with van der Waals surface area (Å²) in [6, 6.07) is 9.74. The predicted molar refractivity (Wildman–Crippen MR) is 121 cm³/mol. The predicted octanol–water partition coefficient (Wildman–Crippen LogP) is 3.90. The monoisotopic (exact) mass is 460 g/mol. The molecule has 178 valence electrons. The number of fused-ring (bicyclic) bond motifs is 2. The molecule has 2 aromatic rings. The minimum Gasteiger partial charge on any atom is -0.489 e. The standard InChI is InChI=1S/C22H28N4O7/c1-25(2)17-3-5-19-21(15-17)32-13-11-30-9-7-29-8-10-31-12-14-33-22-16-18(26(27)28)4-6-20(22)24-23-19/h3-6,15-16H,7-14H2,1-2H3. The maximum atomic E-state index is 11.2. The number of azo groups is 1. The van der Waals surface area contributed by atoms with E-state index in [-0.39, 0.29) is 18.0 Å². The van der Waals surface area contributed by atoms with Crippen molar-refractivity contribution >= 4 is 22.7 Å². The van der Waals surface area contributed by atoms with Gasteiger partial charge in [0.15, 0.2) is 5.75 Å². The van der Waals surface area contributed by atoms with Gasteiger partial charge in [-0.05, 0) is 18.2 Å². The van der Waals surface area contributed by atoms with Crippen LogP contribution < -0.4 is 14.4 Å². The van der Waals surface area contributed by atoms with Crippen LogP contribution in [0.2, 0.25) is 0 Å². The minimum atomic E-state index is -0.489. The molecule has 0 aromatic heterocycles.